The summed E-state index contributed by atoms with van der Waals surface area (Å²) >= 11 is 0. The summed E-state index contributed by atoms with van der Waals surface area (Å²) < 4.78 is 32.5. The zero-order chi connectivity index (χ0) is 38.2. The van der Waals surface area contributed by atoms with Gasteiger partial charge in [-0.2, -0.15) is 0 Å². The topological polar surface area (TPSA) is 108 Å². The van der Waals surface area contributed by atoms with E-state index >= 15 is 0 Å². The molecule has 0 aliphatic heterocycles. The molecule has 0 spiro atoms. The summed E-state index contributed by atoms with van der Waals surface area (Å²) in [4.78, 5) is 34.7. The lowest BCUT2D eigenvalue weighted by Crippen LogP contribution is -2.29. The van der Waals surface area contributed by atoms with Crippen LogP contribution in [-0.4, -0.2) is 42.8 Å². The highest BCUT2D eigenvalue weighted by Gasteiger charge is 2.25. The molecular weight excluding hydrogens is 675 g/mol. The van der Waals surface area contributed by atoms with Gasteiger partial charge in [0, 0.05) is 12.8 Å². The fourth-order valence-electron chi connectivity index (χ4n) is 5.37. The zero-order valence-electron chi connectivity index (χ0n) is 33.2. The molecule has 0 heterocycles. The van der Waals surface area contributed by atoms with Gasteiger partial charge in [-0.25, -0.2) is 4.57 Å². The molecule has 8 nitrogen and oxygen atoms in total. The van der Waals surface area contributed by atoms with Crippen molar-refractivity contribution in [1.29, 1.82) is 0 Å². The van der Waals surface area contributed by atoms with E-state index in [-0.39, 0.29) is 32.0 Å². The Balaban J connectivity index is 4.21. The minimum absolute atomic E-state index is 0.0116. The molecule has 0 aromatic carbocycles. The van der Waals surface area contributed by atoms with Crippen LogP contribution in [0.4, 0.5) is 0 Å². The number of carbonyl (C=O) groups excluding carboxylic acids is 2. The molecule has 0 radical (unpaired) electrons. The number of carbonyl (C=O) groups is 2. The summed E-state index contributed by atoms with van der Waals surface area (Å²) in [6.45, 7) is 5.29. The van der Waals surface area contributed by atoms with Gasteiger partial charge in [-0.1, -0.05) is 164 Å². The number of hydrogen-bond donors (Lipinski definition) is 1. The van der Waals surface area contributed by atoms with Crippen LogP contribution >= 0.6 is 7.82 Å². The Labute approximate surface area is 318 Å². The van der Waals surface area contributed by atoms with Crippen LogP contribution in [0, 0.1) is 0 Å². The van der Waals surface area contributed by atoms with Gasteiger partial charge in [0.1, 0.15) is 6.61 Å². The Bertz CT molecular complexity index is 1030. The van der Waals surface area contributed by atoms with E-state index in [9.17, 15) is 19.0 Å². The number of esters is 2. The molecule has 2 unspecified atom stereocenters. The quantitative estimate of drug-likeness (QED) is 0.0289. The molecule has 0 aliphatic rings. The summed E-state index contributed by atoms with van der Waals surface area (Å²) in [7, 11) is -4.29. The number of phosphoric acid groups is 1. The molecular formula is C43H75O8P. The van der Waals surface area contributed by atoms with Crippen molar-refractivity contribution >= 4 is 19.8 Å². The van der Waals surface area contributed by atoms with Crippen molar-refractivity contribution in [2.75, 3.05) is 19.8 Å². The van der Waals surface area contributed by atoms with Gasteiger partial charge in [0.2, 0.25) is 0 Å². The van der Waals surface area contributed by atoms with Crippen LogP contribution in [0.2, 0.25) is 0 Å². The van der Waals surface area contributed by atoms with Gasteiger partial charge in [-0.05, 0) is 58.3 Å². The molecule has 9 heteroatoms. The molecule has 2 atom stereocenters. The number of rotatable bonds is 37. The third-order valence-corrected chi connectivity index (χ3v) is 9.40. The van der Waals surface area contributed by atoms with Crippen molar-refractivity contribution in [2.24, 2.45) is 0 Å². The minimum atomic E-state index is -4.29. The first-order valence-corrected chi connectivity index (χ1v) is 22.1. The van der Waals surface area contributed by atoms with Gasteiger partial charge < -0.3 is 14.4 Å². The SMILES string of the molecule is CC/C=C\C/C=C\C/C=C\C/C=C\C/C=C\CCCC(=O)OC(COC(=O)CCCCCCCCCCCCCCCCC)COP(=O)(O)OCC. The average Bonchev–Trinajstić information content (AvgIpc) is 3.12. The maximum Gasteiger partial charge on any atom is 0.472 e. The molecule has 0 saturated carbocycles. The van der Waals surface area contributed by atoms with Crippen LogP contribution in [-0.2, 0) is 32.7 Å². The lowest BCUT2D eigenvalue weighted by Gasteiger charge is -2.19. The fraction of sp³-hybridized carbons (Fsp3) is 0.721. The van der Waals surface area contributed by atoms with Gasteiger partial charge in [-0.15, -0.1) is 0 Å². The van der Waals surface area contributed by atoms with Crippen molar-refractivity contribution in [3.05, 3.63) is 60.8 Å². The number of phosphoric ester groups is 1. The minimum Gasteiger partial charge on any atom is -0.462 e. The molecule has 0 saturated heterocycles. The van der Waals surface area contributed by atoms with Gasteiger partial charge in [0.05, 0.1) is 13.2 Å². The Morgan fingerprint density at radius 1 is 0.538 bits per heavy atom. The third-order valence-electron chi connectivity index (χ3n) is 8.34. The van der Waals surface area contributed by atoms with Crippen molar-refractivity contribution < 1.29 is 37.6 Å². The van der Waals surface area contributed by atoms with Crippen LogP contribution in [0.5, 0.6) is 0 Å². The molecule has 52 heavy (non-hydrogen) atoms. The summed E-state index contributed by atoms with van der Waals surface area (Å²) in [5.41, 5.74) is 0. The van der Waals surface area contributed by atoms with E-state index in [4.69, 9.17) is 18.5 Å². The van der Waals surface area contributed by atoms with Crippen molar-refractivity contribution in [2.45, 2.75) is 181 Å². The third kappa shape index (κ3) is 37.5. The number of unbranched alkanes of at least 4 members (excludes halogenated alkanes) is 15. The molecule has 1 N–H and O–H groups in total. The highest BCUT2D eigenvalue weighted by Crippen LogP contribution is 2.43. The summed E-state index contributed by atoms with van der Waals surface area (Å²) in [5, 5.41) is 0. The molecule has 0 aromatic rings. The maximum absolute atomic E-state index is 12.5. The predicted molar refractivity (Wildman–Crippen MR) is 216 cm³/mol. The molecule has 0 bridgehead atoms. The highest BCUT2D eigenvalue weighted by atomic mass is 31.2. The van der Waals surface area contributed by atoms with Crippen LogP contribution < -0.4 is 0 Å². The lowest BCUT2D eigenvalue weighted by molar-refractivity contribution is -0.161. The number of allylic oxidation sites excluding steroid dienone is 10. The normalized spacial score (nSPS) is 14.0. The Hall–Kier alpha value is -2.25. The zero-order valence-corrected chi connectivity index (χ0v) is 34.1. The largest absolute Gasteiger partial charge is 0.472 e. The van der Waals surface area contributed by atoms with Crippen LogP contribution in [0.25, 0.3) is 0 Å². The van der Waals surface area contributed by atoms with Crippen molar-refractivity contribution in [3.63, 3.8) is 0 Å². The van der Waals surface area contributed by atoms with E-state index in [2.05, 4.69) is 68.5 Å². The van der Waals surface area contributed by atoms with Crippen LogP contribution in [0.1, 0.15) is 175 Å². The van der Waals surface area contributed by atoms with E-state index in [1.54, 1.807) is 6.92 Å². The first kappa shape index (κ1) is 49.8. The van der Waals surface area contributed by atoms with Gasteiger partial charge in [0.15, 0.2) is 6.10 Å². The van der Waals surface area contributed by atoms with Crippen LogP contribution in [0.15, 0.2) is 60.8 Å². The number of hydrogen-bond acceptors (Lipinski definition) is 7. The Morgan fingerprint density at radius 2 is 0.981 bits per heavy atom. The molecule has 0 amide bonds. The van der Waals surface area contributed by atoms with Gasteiger partial charge in [0.25, 0.3) is 0 Å². The number of ether oxygens (including phenoxy) is 2. The molecule has 0 aliphatic carbocycles. The molecule has 0 fully saturated rings. The van der Waals surface area contributed by atoms with E-state index in [1.165, 1.54) is 77.0 Å². The average molecular weight is 751 g/mol. The summed E-state index contributed by atoms with van der Waals surface area (Å²) in [6.07, 6.45) is 45.7. The second kappa shape index (κ2) is 38.5. The predicted octanol–water partition coefficient (Wildman–Crippen LogP) is 12.8. The second-order valence-corrected chi connectivity index (χ2v) is 14.7. The van der Waals surface area contributed by atoms with E-state index < -0.39 is 26.5 Å². The van der Waals surface area contributed by atoms with E-state index in [0.29, 0.717) is 12.8 Å². The Morgan fingerprint density at radius 3 is 1.46 bits per heavy atom. The second-order valence-electron chi connectivity index (χ2n) is 13.3. The summed E-state index contributed by atoms with van der Waals surface area (Å²) in [5.74, 6) is -0.866. The van der Waals surface area contributed by atoms with Crippen molar-refractivity contribution in [1.82, 2.24) is 0 Å². The molecule has 0 aromatic heterocycles. The molecule has 0 rings (SSSR count). The fourth-order valence-corrected chi connectivity index (χ4v) is 6.13. The van der Waals surface area contributed by atoms with Crippen LogP contribution in [0.3, 0.4) is 0 Å². The first-order valence-electron chi connectivity index (χ1n) is 20.6. The Kier molecular flexibility index (Phi) is 36.8. The van der Waals surface area contributed by atoms with Crippen molar-refractivity contribution in [3.8, 4) is 0 Å². The highest BCUT2D eigenvalue weighted by molar-refractivity contribution is 7.47. The standard InChI is InChI=1S/C43H75O8P/c1-4-7-9-11-13-15-17-19-21-22-24-26-28-30-32-34-36-38-43(45)51-41(40-50-52(46,47)49-6-3)39-48-42(44)37-35-33-31-29-27-25-23-20-18-16-14-12-10-8-5-2/h7,9,13,15,19,21,24,26,30,32,41H,4-6,8,10-12,14,16-18,20,22-23,25,27-29,31,33-40H2,1-3H3,(H,46,47)/b9-7-,15-13-,21-19-,26-24-,32-30-. The maximum atomic E-state index is 12.5. The van der Waals surface area contributed by atoms with E-state index in [0.717, 1.165) is 51.4 Å². The molecule has 300 valence electrons. The van der Waals surface area contributed by atoms with Gasteiger partial charge in [-0.3, -0.25) is 18.6 Å². The smallest absolute Gasteiger partial charge is 0.462 e. The summed E-state index contributed by atoms with van der Waals surface area (Å²) in [6, 6.07) is 0. The monoisotopic (exact) mass is 751 g/mol. The first-order chi connectivity index (χ1) is 25.3. The van der Waals surface area contributed by atoms with Gasteiger partial charge >= 0.3 is 19.8 Å². The van der Waals surface area contributed by atoms with E-state index in [1.807, 2.05) is 6.08 Å². The lowest BCUT2D eigenvalue weighted by atomic mass is 10.0.